The van der Waals surface area contributed by atoms with Crippen molar-refractivity contribution in [2.75, 3.05) is 19.1 Å². The maximum Gasteiger partial charge on any atom is 0.128 e. The Kier molecular flexibility index (Phi) is 4.80. The zero-order valence-corrected chi connectivity index (χ0v) is 12.7. The minimum absolute atomic E-state index is 0.824. The molecule has 0 saturated carbocycles. The summed E-state index contributed by atoms with van der Waals surface area (Å²) in [5.41, 5.74) is 2.41. The summed E-state index contributed by atoms with van der Waals surface area (Å²) in [5, 5.41) is 0.836. The summed E-state index contributed by atoms with van der Waals surface area (Å²) < 4.78 is 5.15. The lowest BCUT2D eigenvalue weighted by Gasteiger charge is -2.18. The van der Waals surface area contributed by atoms with Crippen LogP contribution in [0.1, 0.15) is 11.1 Å². The molecule has 100 valence electrons. The molecular weight excluding hydrogens is 304 g/mol. The molecule has 0 unspecified atom stereocenters. The lowest BCUT2D eigenvalue weighted by atomic mass is 10.2. The van der Waals surface area contributed by atoms with Crippen molar-refractivity contribution in [2.24, 2.45) is 0 Å². The number of rotatable bonds is 5. The summed E-state index contributed by atoms with van der Waals surface area (Å²) in [4.78, 5) is 6.58. The molecule has 1 aromatic carbocycles. The summed E-state index contributed by atoms with van der Waals surface area (Å²) in [6.45, 7) is 0.824. The van der Waals surface area contributed by atoms with Crippen LogP contribution in [0.5, 0.6) is 5.75 Å². The minimum atomic E-state index is 0.824. The molecule has 0 aliphatic rings. The van der Waals surface area contributed by atoms with Gasteiger partial charge in [-0.2, -0.15) is 0 Å². The predicted octanol–water partition coefficient (Wildman–Crippen LogP) is 3.62. The van der Waals surface area contributed by atoms with Crippen molar-refractivity contribution in [1.29, 1.82) is 0 Å². The van der Waals surface area contributed by atoms with E-state index in [0.29, 0.717) is 0 Å². The SMILES string of the molecule is COc1ccc(CN(C)c2ccc(CBr)cn2)cc1. The van der Waals surface area contributed by atoms with E-state index in [9.17, 15) is 0 Å². The highest BCUT2D eigenvalue weighted by Gasteiger charge is 2.04. The fourth-order valence-electron chi connectivity index (χ4n) is 1.81. The minimum Gasteiger partial charge on any atom is -0.497 e. The van der Waals surface area contributed by atoms with E-state index in [4.69, 9.17) is 4.74 Å². The Morgan fingerprint density at radius 1 is 1.11 bits per heavy atom. The summed E-state index contributed by atoms with van der Waals surface area (Å²) in [6, 6.07) is 12.2. The average molecular weight is 321 g/mol. The number of benzene rings is 1. The van der Waals surface area contributed by atoms with Crippen molar-refractivity contribution in [2.45, 2.75) is 11.9 Å². The molecule has 0 N–H and O–H groups in total. The van der Waals surface area contributed by atoms with Gasteiger partial charge in [-0.15, -0.1) is 0 Å². The van der Waals surface area contributed by atoms with Gasteiger partial charge in [0.2, 0.25) is 0 Å². The standard InChI is InChI=1S/C15H17BrN2O/c1-18(15-8-5-13(9-16)10-17-15)11-12-3-6-14(19-2)7-4-12/h3-8,10H,9,11H2,1-2H3. The maximum atomic E-state index is 5.15. The van der Waals surface area contributed by atoms with Gasteiger partial charge in [-0.25, -0.2) is 4.98 Å². The number of nitrogens with zero attached hydrogens (tertiary/aromatic N) is 2. The molecule has 1 aromatic heterocycles. The number of hydrogen-bond acceptors (Lipinski definition) is 3. The number of alkyl halides is 1. The molecule has 0 radical (unpaired) electrons. The first-order valence-corrected chi connectivity index (χ1v) is 7.20. The Hall–Kier alpha value is -1.55. The Morgan fingerprint density at radius 3 is 2.32 bits per heavy atom. The van der Waals surface area contributed by atoms with Gasteiger partial charge in [0.1, 0.15) is 11.6 Å². The van der Waals surface area contributed by atoms with E-state index in [-0.39, 0.29) is 0 Å². The van der Waals surface area contributed by atoms with Crippen LogP contribution in [0.4, 0.5) is 5.82 Å². The summed E-state index contributed by atoms with van der Waals surface area (Å²) in [7, 11) is 3.72. The van der Waals surface area contributed by atoms with Crippen molar-refractivity contribution in [1.82, 2.24) is 4.98 Å². The fraction of sp³-hybridized carbons (Fsp3) is 0.267. The molecule has 3 nitrogen and oxygen atoms in total. The van der Waals surface area contributed by atoms with Crippen LogP contribution in [-0.4, -0.2) is 19.1 Å². The summed E-state index contributed by atoms with van der Waals surface area (Å²) in [5.74, 6) is 1.85. The van der Waals surface area contributed by atoms with Crippen LogP contribution >= 0.6 is 15.9 Å². The van der Waals surface area contributed by atoms with E-state index in [1.165, 1.54) is 11.1 Å². The Morgan fingerprint density at radius 2 is 1.79 bits per heavy atom. The Labute approximate surface area is 122 Å². The van der Waals surface area contributed by atoms with Gasteiger partial charge >= 0.3 is 0 Å². The van der Waals surface area contributed by atoms with Crippen LogP contribution in [-0.2, 0) is 11.9 Å². The second-order valence-electron chi connectivity index (χ2n) is 4.36. The zero-order valence-electron chi connectivity index (χ0n) is 11.1. The van der Waals surface area contributed by atoms with E-state index >= 15 is 0 Å². The van der Waals surface area contributed by atoms with Gasteiger partial charge in [0.15, 0.2) is 0 Å². The highest BCUT2D eigenvalue weighted by molar-refractivity contribution is 9.08. The second kappa shape index (κ2) is 6.57. The summed E-state index contributed by atoms with van der Waals surface area (Å²) >= 11 is 3.42. The van der Waals surface area contributed by atoms with Gasteiger partial charge < -0.3 is 9.64 Å². The van der Waals surface area contributed by atoms with Crippen LogP contribution in [0.3, 0.4) is 0 Å². The van der Waals surface area contributed by atoms with Crippen LogP contribution in [0, 0.1) is 0 Å². The van der Waals surface area contributed by atoms with Crippen molar-refractivity contribution < 1.29 is 4.74 Å². The lowest BCUT2D eigenvalue weighted by Crippen LogP contribution is -2.17. The molecule has 0 aliphatic heterocycles. The molecule has 4 heteroatoms. The molecule has 2 aromatic rings. The quantitative estimate of drug-likeness (QED) is 0.787. The molecule has 1 heterocycles. The first kappa shape index (κ1) is 13.9. The maximum absolute atomic E-state index is 5.15. The van der Waals surface area contributed by atoms with Crippen molar-refractivity contribution in [3.63, 3.8) is 0 Å². The van der Waals surface area contributed by atoms with Crippen LogP contribution < -0.4 is 9.64 Å². The number of pyridine rings is 1. The smallest absolute Gasteiger partial charge is 0.128 e. The molecule has 0 fully saturated rings. The second-order valence-corrected chi connectivity index (χ2v) is 4.92. The van der Waals surface area contributed by atoms with E-state index < -0.39 is 0 Å². The van der Waals surface area contributed by atoms with Crippen LogP contribution in [0.2, 0.25) is 0 Å². The molecule has 0 atom stereocenters. The average Bonchev–Trinajstić information content (AvgIpc) is 2.48. The third-order valence-electron chi connectivity index (χ3n) is 2.93. The molecule has 0 amide bonds. The lowest BCUT2D eigenvalue weighted by molar-refractivity contribution is 0.414. The highest BCUT2D eigenvalue weighted by Crippen LogP contribution is 2.16. The van der Waals surface area contributed by atoms with Gasteiger partial charge in [-0.05, 0) is 29.3 Å². The van der Waals surface area contributed by atoms with Gasteiger partial charge in [-0.3, -0.25) is 0 Å². The first-order chi connectivity index (χ1) is 9.22. The topological polar surface area (TPSA) is 25.4 Å². The Balaban J connectivity index is 2.04. The van der Waals surface area contributed by atoms with E-state index in [1.807, 2.05) is 31.4 Å². The number of anilines is 1. The highest BCUT2D eigenvalue weighted by atomic mass is 79.9. The molecular formula is C15H17BrN2O. The molecule has 0 bridgehead atoms. The predicted molar refractivity (Wildman–Crippen MR) is 82.0 cm³/mol. The first-order valence-electron chi connectivity index (χ1n) is 6.08. The van der Waals surface area contributed by atoms with Crippen molar-refractivity contribution in [3.8, 4) is 5.75 Å². The monoisotopic (exact) mass is 320 g/mol. The largest absolute Gasteiger partial charge is 0.497 e. The molecule has 0 saturated heterocycles. The van der Waals surface area contributed by atoms with E-state index in [2.05, 4.69) is 44.0 Å². The number of ether oxygens (including phenoxy) is 1. The van der Waals surface area contributed by atoms with E-state index in [1.54, 1.807) is 7.11 Å². The van der Waals surface area contributed by atoms with Crippen LogP contribution in [0.25, 0.3) is 0 Å². The Bertz CT molecular complexity index is 511. The van der Waals surface area contributed by atoms with Gasteiger partial charge in [0.25, 0.3) is 0 Å². The number of aromatic nitrogens is 1. The van der Waals surface area contributed by atoms with E-state index in [0.717, 1.165) is 23.4 Å². The molecule has 19 heavy (non-hydrogen) atoms. The number of halogens is 1. The molecule has 0 aliphatic carbocycles. The van der Waals surface area contributed by atoms with Crippen molar-refractivity contribution >= 4 is 21.7 Å². The van der Waals surface area contributed by atoms with Crippen molar-refractivity contribution in [3.05, 3.63) is 53.7 Å². The fourth-order valence-corrected chi connectivity index (χ4v) is 2.14. The number of hydrogen-bond donors (Lipinski definition) is 0. The third-order valence-corrected chi connectivity index (χ3v) is 3.58. The molecule has 0 spiro atoms. The number of methoxy groups -OCH3 is 1. The van der Waals surface area contributed by atoms with Gasteiger partial charge in [0, 0.05) is 25.1 Å². The molecule has 2 rings (SSSR count). The third kappa shape index (κ3) is 3.70. The van der Waals surface area contributed by atoms with Crippen LogP contribution in [0.15, 0.2) is 42.6 Å². The zero-order chi connectivity index (χ0) is 13.7. The van der Waals surface area contributed by atoms with Gasteiger partial charge in [-0.1, -0.05) is 34.1 Å². The van der Waals surface area contributed by atoms with Gasteiger partial charge in [0.05, 0.1) is 7.11 Å². The summed E-state index contributed by atoms with van der Waals surface area (Å²) in [6.07, 6.45) is 1.90. The normalized spacial score (nSPS) is 10.3.